The maximum absolute atomic E-state index is 13.3. The van der Waals surface area contributed by atoms with Crippen LogP contribution in [0.1, 0.15) is 26.4 Å². The standard InChI is InChI=1S/C21H20FN3O3S/c1-28-20(27)15-5-3-14(4-6-15)11-12-23-19(26)18-13-24-21(29-2)25(18)17-9-7-16(22)8-10-17/h3-10,13H,11-12H2,1-2H3,(H,23,26). The Bertz CT molecular complexity index is 1000. The topological polar surface area (TPSA) is 73.2 Å². The molecule has 150 valence electrons. The molecule has 6 nitrogen and oxygen atoms in total. The number of nitrogens with one attached hydrogen (secondary N) is 1. The predicted octanol–water partition coefficient (Wildman–Crippen LogP) is 3.49. The lowest BCUT2D eigenvalue weighted by atomic mass is 10.1. The Labute approximate surface area is 172 Å². The summed E-state index contributed by atoms with van der Waals surface area (Å²) < 4.78 is 19.6. The minimum absolute atomic E-state index is 0.270. The van der Waals surface area contributed by atoms with Gasteiger partial charge in [0.1, 0.15) is 11.5 Å². The third-order valence-electron chi connectivity index (χ3n) is 4.30. The maximum atomic E-state index is 13.3. The van der Waals surface area contributed by atoms with E-state index in [4.69, 9.17) is 0 Å². The number of hydrogen-bond acceptors (Lipinski definition) is 5. The molecule has 1 heterocycles. The zero-order valence-corrected chi connectivity index (χ0v) is 16.8. The normalized spacial score (nSPS) is 10.6. The summed E-state index contributed by atoms with van der Waals surface area (Å²) in [4.78, 5) is 28.4. The second kappa shape index (κ2) is 9.38. The molecule has 2 aromatic carbocycles. The number of esters is 1. The highest BCUT2D eigenvalue weighted by molar-refractivity contribution is 7.98. The molecule has 1 amide bonds. The fourth-order valence-corrected chi connectivity index (χ4v) is 3.36. The van der Waals surface area contributed by atoms with Gasteiger partial charge in [0, 0.05) is 12.2 Å². The van der Waals surface area contributed by atoms with Gasteiger partial charge in [-0.2, -0.15) is 0 Å². The molecule has 1 N–H and O–H groups in total. The minimum Gasteiger partial charge on any atom is -0.465 e. The van der Waals surface area contributed by atoms with Gasteiger partial charge < -0.3 is 10.1 Å². The molecule has 0 fully saturated rings. The summed E-state index contributed by atoms with van der Waals surface area (Å²) in [5.41, 5.74) is 2.50. The Morgan fingerprint density at radius 3 is 2.45 bits per heavy atom. The number of imidazole rings is 1. The van der Waals surface area contributed by atoms with Crippen molar-refractivity contribution < 1.29 is 18.7 Å². The van der Waals surface area contributed by atoms with E-state index >= 15 is 0 Å². The number of methoxy groups -OCH3 is 1. The van der Waals surface area contributed by atoms with Crippen molar-refractivity contribution in [3.05, 3.63) is 77.4 Å². The van der Waals surface area contributed by atoms with Crippen LogP contribution in [0, 0.1) is 5.82 Å². The number of amides is 1. The van der Waals surface area contributed by atoms with Crippen LogP contribution in [-0.4, -0.2) is 41.3 Å². The fraction of sp³-hybridized carbons (Fsp3) is 0.190. The van der Waals surface area contributed by atoms with Gasteiger partial charge in [0.05, 0.1) is 18.9 Å². The largest absolute Gasteiger partial charge is 0.465 e. The Kier molecular flexibility index (Phi) is 6.66. The lowest BCUT2D eigenvalue weighted by Gasteiger charge is -2.11. The van der Waals surface area contributed by atoms with Crippen molar-refractivity contribution in [3.8, 4) is 5.69 Å². The molecule has 0 atom stereocenters. The van der Waals surface area contributed by atoms with E-state index in [0.717, 1.165) is 5.56 Å². The van der Waals surface area contributed by atoms with Gasteiger partial charge in [-0.25, -0.2) is 14.2 Å². The lowest BCUT2D eigenvalue weighted by molar-refractivity contribution is 0.0600. The van der Waals surface area contributed by atoms with E-state index in [1.54, 1.807) is 28.8 Å². The third kappa shape index (κ3) is 4.83. The molecule has 0 aliphatic carbocycles. The van der Waals surface area contributed by atoms with Gasteiger partial charge in [-0.05, 0) is 54.6 Å². The first-order valence-corrected chi connectivity index (χ1v) is 10.1. The quantitative estimate of drug-likeness (QED) is 0.474. The number of halogens is 1. The number of aromatic nitrogens is 2. The van der Waals surface area contributed by atoms with Crippen molar-refractivity contribution in [2.45, 2.75) is 11.6 Å². The number of carbonyl (C=O) groups excluding carboxylic acids is 2. The van der Waals surface area contributed by atoms with Gasteiger partial charge in [-0.15, -0.1) is 0 Å². The Balaban J connectivity index is 1.67. The molecule has 3 aromatic rings. The van der Waals surface area contributed by atoms with Gasteiger partial charge >= 0.3 is 5.97 Å². The van der Waals surface area contributed by atoms with E-state index in [9.17, 15) is 14.0 Å². The second-order valence-corrected chi connectivity index (χ2v) is 6.91. The van der Waals surface area contributed by atoms with E-state index in [-0.39, 0.29) is 17.7 Å². The van der Waals surface area contributed by atoms with Crippen LogP contribution in [0.25, 0.3) is 5.69 Å². The third-order valence-corrected chi connectivity index (χ3v) is 4.96. The number of ether oxygens (including phenoxy) is 1. The first-order chi connectivity index (χ1) is 14.0. The molecule has 0 aliphatic rings. The number of rotatable bonds is 7. The SMILES string of the molecule is COC(=O)c1ccc(CCNC(=O)c2cnc(SC)n2-c2ccc(F)cc2)cc1. The first-order valence-electron chi connectivity index (χ1n) is 8.86. The van der Waals surface area contributed by atoms with Crippen LogP contribution in [0.4, 0.5) is 4.39 Å². The molecule has 8 heteroatoms. The zero-order valence-electron chi connectivity index (χ0n) is 16.0. The summed E-state index contributed by atoms with van der Waals surface area (Å²) >= 11 is 1.40. The summed E-state index contributed by atoms with van der Waals surface area (Å²) in [7, 11) is 1.34. The summed E-state index contributed by atoms with van der Waals surface area (Å²) in [6.07, 6.45) is 3.98. The molecule has 0 saturated heterocycles. The monoisotopic (exact) mass is 413 g/mol. The van der Waals surface area contributed by atoms with E-state index in [1.165, 1.54) is 37.2 Å². The fourth-order valence-electron chi connectivity index (χ4n) is 2.81. The van der Waals surface area contributed by atoms with Crippen molar-refractivity contribution in [3.63, 3.8) is 0 Å². The molecular weight excluding hydrogens is 393 g/mol. The number of carbonyl (C=O) groups is 2. The zero-order chi connectivity index (χ0) is 20.8. The molecule has 0 aliphatic heterocycles. The van der Waals surface area contributed by atoms with Crippen molar-refractivity contribution >= 4 is 23.6 Å². The van der Waals surface area contributed by atoms with Crippen molar-refractivity contribution in [1.82, 2.24) is 14.9 Å². The van der Waals surface area contributed by atoms with Crippen molar-refractivity contribution in [2.24, 2.45) is 0 Å². The molecule has 0 radical (unpaired) electrons. The number of hydrogen-bond donors (Lipinski definition) is 1. The number of thioether (sulfide) groups is 1. The van der Waals surface area contributed by atoms with Crippen LogP contribution in [-0.2, 0) is 11.2 Å². The number of nitrogens with zero attached hydrogens (tertiary/aromatic N) is 2. The highest BCUT2D eigenvalue weighted by Crippen LogP contribution is 2.22. The van der Waals surface area contributed by atoms with Gasteiger partial charge in [-0.1, -0.05) is 23.9 Å². The Morgan fingerprint density at radius 2 is 1.83 bits per heavy atom. The first kappa shape index (κ1) is 20.6. The Hall–Kier alpha value is -3.13. The highest BCUT2D eigenvalue weighted by atomic mass is 32.2. The molecule has 29 heavy (non-hydrogen) atoms. The minimum atomic E-state index is -0.386. The molecule has 0 saturated carbocycles. The number of benzene rings is 2. The van der Waals surface area contributed by atoms with Crippen LogP contribution in [0.5, 0.6) is 0 Å². The summed E-state index contributed by atoms with van der Waals surface area (Å²) in [6, 6.07) is 12.9. The van der Waals surface area contributed by atoms with Crippen LogP contribution in [0.3, 0.4) is 0 Å². The van der Waals surface area contributed by atoms with Gasteiger partial charge in [0.25, 0.3) is 5.91 Å². The van der Waals surface area contributed by atoms with E-state index in [0.29, 0.717) is 35.1 Å². The van der Waals surface area contributed by atoms with Crippen molar-refractivity contribution in [2.75, 3.05) is 19.9 Å². The van der Waals surface area contributed by atoms with Crippen molar-refractivity contribution in [1.29, 1.82) is 0 Å². The maximum Gasteiger partial charge on any atom is 0.337 e. The predicted molar refractivity (Wildman–Crippen MR) is 109 cm³/mol. The van der Waals surface area contributed by atoms with Gasteiger partial charge in [0.2, 0.25) is 0 Å². The highest BCUT2D eigenvalue weighted by Gasteiger charge is 2.17. The lowest BCUT2D eigenvalue weighted by Crippen LogP contribution is -2.27. The average Bonchev–Trinajstić information content (AvgIpc) is 3.18. The molecule has 1 aromatic heterocycles. The second-order valence-electron chi connectivity index (χ2n) is 6.14. The molecular formula is C21H20FN3O3S. The Morgan fingerprint density at radius 1 is 1.14 bits per heavy atom. The van der Waals surface area contributed by atoms with E-state index in [1.807, 2.05) is 18.4 Å². The van der Waals surface area contributed by atoms with Crippen LogP contribution in [0.2, 0.25) is 0 Å². The summed E-state index contributed by atoms with van der Waals surface area (Å²) in [6.45, 7) is 0.416. The molecule has 0 unspecified atom stereocenters. The summed E-state index contributed by atoms with van der Waals surface area (Å²) in [5.74, 6) is -0.999. The van der Waals surface area contributed by atoms with E-state index in [2.05, 4.69) is 15.0 Å². The van der Waals surface area contributed by atoms with Crippen LogP contribution < -0.4 is 5.32 Å². The average molecular weight is 413 g/mol. The van der Waals surface area contributed by atoms with E-state index < -0.39 is 0 Å². The molecule has 3 rings (SSSR count). The molecule has 0 spiro atoms. The van der Waals surface area contributed by atoms with Crippen LogP contribution >= 0.6 is 11.8 Å². The van der Waals surface area contributed by atoms with Gasteiger partial charge in [-0.3, -0.25) is 9.36 Å². The smallest absolute Gasteiger partial charge is 0.337 e. The van der Waals surface area contributed by atoms with Gasteiger partial charge in [0.15, 0.2) is 5.16 Å². The summed E-state index contributed by atoms with van der Waals surface area (Å²) in [5, 5.41) is 3.52. The van der Waals surface area contributed by atoms with Crippen LogP contribution in [0.15, 0.2) is 59.9 Å². The molecule has 0 bridgehead atoms.